The van der Waals surface area contributed by atoms with E-state index in [4.69, 9.17) is 0 Å². The van der Waals surface area contributed by atoms with E-state index in [9.17, 15) is 13.9 Å². The molecule has 0 saturated carbocycles. The van der Waals surface area contributed by atoms with Gasteiger partial charge in [0, 0.05) is 11.1 Å². The van der Waals surface area contributed by atoms with E-state index in [0.29, 0.717) is 0 Å². The Labute approximate surface area is 105 Å². The summed E-state index contributed by atoms with van der Waals surface area (Å²) in [5.74, 6) is -1.10. The van der Waals surface area contributed by atoms with Crippen LogP contribution in [0.4, 0.5) is 8.78 Å². The first-order valence-electron chi connectivity index (χ1n) is 5.67. The lowest BCUT2D eigenvalue weighted by atomic mass is 9.87. The van der Waals surface area contributed by atoms with Gasteiger partial charge in [0.05, 0.1) is 0 Å². The Morgan fingerprint density at radius 3 is 2.22 bits per heavy atom. The third kappa shape index (κ3) is 2.14. The number of aryl methyl sites for hydroxylation is 1. The van der Waals surface area contributed by atoms with E-state index in [1.165, 1.54) is 37.3 Å². The van der Waals surface area contributed by atoms with Crippen molar-refractivity contribution in [2.75, 3.05) is 0 Å². The minimum Gasteiger partial charge on any atom is -0.380 e. The second-order valence-electron chi connectivity index (χ2n) is 4.54. The monoisotopic (exact) mass is 248 g/mol. The zero-order valence-electron chi connectivity index (χ0n) is 10.2. The maximum atomic E-state index is 13.8. The predicted molar refractivity (Wildman–Crippen MR) is 66.2 cm³/mol. The minimum absolute atomic E-state index is 0.0644. The van der Waals surface area contributed by atoms with E-state index in [2.05, 4.69) is 0 Å². The van der Waals surface area contributed by atoms with Crippen molar-refractivity contribution in [1.29, 1.82) is 0 Å². The molecule has 0 aliphatic heterocycles. The van der Waals surface area contributed by atoms with Crippen molar-refractivity contribution < 1.29 is 13.9 Å². The molecule has 0 bridgehead atoms. The van der Waals surface area contributed by atoms with Crippen molar-refractivity contribution in [3.05, 3.63) is 70.8 Å². The predicted octanol–water partition coefficient (Wildman–Crippen LogP) is 3.53. The Morgan fingerprint density at radius 1 is 0.944 bits per heavy atom. The SMILES string of the molecule is Cc1ccc(F)c(C(C)(O)c2ccccc2F)c1. The van der Waals surface area contributed by atoms with Crippen LogP contribution in [0.5, 0.6) is 0 Å². The van der Waals surface area contributed by atoms with Crippen molar-refractivity contribution in [3.8, 4) is 0 Å². The normalized spacial score (nSPS) is 14.3. The number of hydrogen-bond donors (Lipinski definition) is 1. The molecule has 0 saturated heterocycles. The molecule has 3 heteroatoms. The summed E-state index contributed by atoms with van der Waals surface area (Å²) in [7, 11) is 0. The van der Waals surface area contributed by atoms with Gasteiger partial charge in [-0.3, -0.25) is 0 Å². The molecule has 2 aromatic carbocycles. The van der Waals surface area contributed by atoms with Gasteiger partial charge in [0.1, 0.15) is 17.2 Å². The lowest BCUT2D eigenvalue weighted by Crippen LogP contribution is -2.25. The number of rotatable bonds is 2. The van der Waals surface area contributed by atoms with Gasteiger partial charge < -0.3 is 5.11 Å². The van der Waals surface area contributed by atoms with Crippen LogP contribution in [-0.4, -0.2) is 5.11 Å². The van der Waals surface area contributed by atoms with Crippen LogP contribution >= 0.6 is 0 Å². The molecule has 1 nitrogen and oxygen atoms in total. The minimum atomic E-state index is -1.69. The molecule has 0 heterocycles. The van der Waals surface area contributed by atoms with E-state index >= 15 is 0 Å². The molecule has 2 aromatic rings. The van der Waals surface area contributed by atoms with E-state index < -0.39 is 17.2 Å². The van der Waals surface area contributed by atoms with Crippen LogP contribution in [0.3, 0.4) is 0 Å². The standard InChI is InChI=1S/C15H14F2O/c1-10-7-8-14(17)12(9-10)15(2,18)11-5-3-4-6-13(11)16/h3-9,18H,1-2H3. The first-order chi connectivity index (χ1) is 8.43. The lowest BCUT2D eigenvalue weighted by molar-refractivity contribution is 0.0937. The highest BCUT2D eigenvalue weighted by molar-refractivity contribution is 5.38. The van der Waals surface area contributed by atoms with Crippen LogP contribution < -0.4 is 0 Å². The highest BCUT2D eigenvalue weighted by Gasteiger charge is 2.31. The van der Waals surface area contributed by atoms with Crippen molar-refractivity contribution in [2.45, 2.75) is 19.4 Å². The summed E-state index contributed by atoms with van der Waals surface area (Å²) in [5, 5.41) is 10.5. The average Bonchev–Trinajstić information content (AvgIpc) is 2.32. The van der Waals surface area contributed by atoms with E-state index in [1.807, 2.05) is 0 Å². The average molecular weight is 248 g/mol. The summed E-state index contributed by atoms with van der Waals surface area (Å²) in [5.41, 5.74) is -0.744. The molecule has 0 fully saturated rings. The van der Waals surface area contributed by atoms with Gasteiger partial charge in [0.15, 0.2) is 0 Å². The summed E-state index contributed by atoms with van der Waals surface area (Å²) in [6.07, 6.45) is 0. The number of hydrogen-bond acceptors (Lipinski definition) is 1. The molecule has 0 aromatic heterocycles. The molecule has 0 spiro atoms. The summed E-state index contributed by atoms with van der Waals surface area (Å²) in [6.45, 7) is 3.18. The van der Waals surface area contributed by atoms with Gasteiger partial charge >= 0.3 is 0 Å². The zero-order chi connectivity index (χ0) is 13.3. The largest absolute Gasteiger partial charge is 0.380 e. The summed E-state index contributed by atoms with van der Waals surface area (Å²) in [6, 6.07) is 10.3. The van der Waals surface area contributed by atoms with Crippen molar-refractivity contribution >= 4 is 0 Å². The highest BCUT2D eigenvalue weighted by atomic mass is 19.1. The molecule has 0 amide bonds. The second kappa shape index (κ2) is 4.50. The van der Waals surface area contributed by atoms with E-state index in [1.54, 1.807) is 19.1 Å². The fourth-order valence-electron chi connectivity index (χ4n) is 2.01. The Balaban J connectivity index is 2.61. The van der Waals surface area contributed by atoms with Crippen LogP contribution in [-0.2, 0) is 5.60 Å². The van der Waals surface area contributed by atoms with Crippen molar-refractivity contribution in [1.82, 2.24) is 0 Å². The summed E-state index contributed by atoms with van der Waals surface area (Å²) in [4.78, 5) is 0. The van der Waals surface area contributed by atoms with Crippen molar-refractivity contribution in [2.24, 2.45) is 0 Å². The lowest BCUT2D eigenvalue weighted by Gasteiger charge is -2.25. The molecule has 0 aliphatic carbocycles. The molecule has 2 rings (SSSR count). The molecule has 1 unspecified atom stereocenters. The van der Waals surface area contributed by atoms with Gasteiger partial charge in [0.25, 0.3) is 0 Å². The number of benzene rings is 2. The number of halogens is 2. The van der Waals surface area contributed by atoms with Gasteiger partial charge in [-0.1, -0.05) is 29.8 Å². The van der Waals surface area contributed by atoms with Crippen LogP contribution in [0, 0.1) is 18.6 Å². The molecule has 0 aliphatic rings. The van der Waals surface area contributed by atoms with Gasteiger partial charge in [-0.2, -0.15) is 0 Å². The molecule has 18 heavy (non-hydrogen) atoms. The quantitative estimate of drug-likeness (QED) is 0.862. The Bertz CT molecular complexity index is 576. The maximum absolute atomic E-state index is 13.8. The summed E-state index contributed by atoms with van der Waals surface area (Å²) < 4.78 is 27.5. The molecule has 1 N–H and O–H groups in total. The van der Waals surface area contributed by atoms with E-state index in [-0.39, 0.29) is 11.1 Å². The molecule has 1 atom stereocenters. The summed E-state index contributed by atoms with van der Waals surface area (Å²) >= 11 is 0. The topological polar surface area (TPSA) is 20.2 Å². The first kappa shape index (κ1) is 12.7. The molecular weight excluding hydrogens is 234 g/mol. The Kier molecular flexibility index (Phi) is 3.18. The molecular formula is C15H14F2O. The maximum Gasteiger partial charge on any atom is 0.129 e. The van der Waals surface area contributed by atoms with Gasteiger partial charge in [0.2, 0.25) is 0 Å². The first-order valence-corrected chi connectivity index (χ1v) is 5.67. The van der Waals surface area contributed by atoms with Crippen LogP contribution in [0.15, 0.2) is 42.5 Å². The third-order valence-electron chi connectivity index (χ3n) is 3.04. The van der Waals surface area contributed by atoms with Crippen LogP contribution in [0.1, 0.15) is 23.6 Å². The van der Waals surface area contributed by atoms with Gasteiger partial charge in [-0.15, -0.1) is 0 Å². The highest BCUT2D eigenvalue weighted by Crippen LogP contribution is 2.32. The molecule has 0 radical (unpaired) electrons. The third-order valence-corrected chi connectivity index (χ3v) is 3.04. The fourth-order valence-corrected chi connectivity index (χ4v) is 2.01. The van der Waals surface area contributed by atoms with Gasteiger partial charge in [-0.05, 0) is 32.0 Å². The van der Waals surface area contributed by atoms with Crippen LogP contribution in [0.25, 0.3) is 0 Å². The fraction of sp³-hybridized carbons (Fsp3) is 0.200. The van der Waals surface area contributed by atoms with Gasteiger partial charge in [-0.25, -0.2) is 8.78 Å². The zero-order valence-corrected chi connectivity index (χ0v) is 10.2. The second-order valence-corrected chi connectivity index (χ2v) is 4.54. The molecule has 94 valence electrons. The van der Waals surface area contributed by atoms with Crippen LogP contribution in [0.2, 0.25) is 0 Å². The smallest absolute Gasteiger partial charge is 0.129 e. The van der Waals surface area contributed by atoms with Crippen molar-refractivity contribution in [3.63, 3.8) is 0 Å². The Hall–Kier alpha value is -1.74. The number of aliphatic hydroxyl groups is 1. The van der Waals surface area contributed by atoms with E-state index in [0.717, 1.165) is 5.56 Å². The Morgan fingerprint density at radius 2 is 1.56 bits per heavy atom.